The van der Waals surface area contributed by atoms with Gasteiger partial charge in [-0.2, -0.15) is 0 Å². The zero-order chi connectivity index (χ0) is 14.7. The molecule has 0 bridgehead atoms. The van der Waals surface area contributed by atoms with Crippen molar-refractivity contribution in [2.45, 2.75) is 33.2 Å². The molecule has 0 spiro atoms. The zero-order valence-corrected chi connectivity index (χ0v) is 12.6. The minimum atomic E-state index is -0.382. The van der Waals surface area contributed by atoms with Crippen LogP contribution < -0.4 is 4.90 Å². The first kappa shape index (κ1) is 14.7. The van der Waals surface area contributed by atoms with Gasteiger partial charge in [0.15, 0.2) is 0 Å². The molecule has 1 aliphatic rings. The summed E-state index contributed by atoms with van der Waals surface area (Å²) in [5.74, 6) is -0.0242. The number of likely N-dealkylation sites (tertiary alicyclic amines) is 1. The molecule has 108 valence electrons. The van der Waals surface area contributed by atoms with Gasteiger partial charge >= 0.3 is 5.97 Å². The number of benzene rings is 1. The lowest BCUT2D eigenvalue weighted by atomic mass is 9.93. The third kappa shape index (κ3) is 3.45. The minimum absolute atomic E-state index is 0.358. The second kappa shape index (κ2) is 6.18. The van der Waals surface area contributed by atoms with Crippen molar-refractivity contribution < 1.29 is 14.5 Å². The van der Waals surface area contributed by atoms with Gasteiger partial charge in [0.05, 0.1) is 30.9 Å². The number of carbonyl (C=O) groups excluding carboxylic acids is 1. The second-order valence-corrected chi connectivity index (χ2v) is 5.89. The normalized spacial score (nSPS) is 28.4. The van der Waals surface area contributed by atoms with Crippen LogP contribution in [0, 0.1) is 12.8 Å². The van der Waals surface area contributed by atoms with Crippen LogP contribution in [0.3, 0.4) is 0 Å². The highest BCUT2D eigenvalue weighted by Gasteiger charge is 2.29. The molecule has 2 rings (SSSR count). The van der Waals surface area contributed by atoms with Crippen molar-refractivity contribution in [1.82, 2.24) is 0 Å². The molecule has 1 aliphatic heterocycles. The fourth-order valence-corrected chi connectivity index (χ4v) is 2.54. The van der Waals surface area contributed by atoms with E-state index in [4.69, 9.17) is 4.84 Å². The van der Waals surface area contributed by atoms with Crippen LogP contribution in [0.15, 0.2) is 29.4 Å². The molecular weight excluding hydrogens is 252 g/mol. The highest BCUT2D eigenvalue weighted by atomic mass is 16.7. The van der Waals surface area contributed by atoms with Crippen molar-refractivity contribution in [1.29, 1.82) is 0 Å². The van der Waals surface area contributed by atoms with Crippen molar-refractivity contribution in [2.75, 3.05) is 13.6 Å². The van der Waals surface area contributed by atoms with Crippen LogP contribution in [0.25, 0.3) is 0 Å². The van der Waals surface area contributed by atoms with Crippen molar-refractivity contribution >= 4 is 11.7 Å². The number of hydrogen-bond acceptors (Lipinski definition) is 3. The number of oxime groups is 1. The van der Waals surface area contributed by atoms with E-state index in [9.17, 15) is 4.79 Å². The Morgan fingerprint density at radius 3 is 2.85 bits per heavy atom. The Labute approximate surface area is 120 Å². The Balaban J connectivity index is 2.03. The molecule has 1 fully saturated rings. The zero-order valence-electron chi connectivity index (χ0n) is 12.6. The molecule has 1 saturated heterocycles. The number of aryl methyl sites for hydroxylation is 1. The molecule has 1 N–H and O–H groups in total. The Morgan fingerprint density at radius 1 is 1.40 bits per heavy atom. The molecule has 1 aromatic carbocycles. The Kier molecular flexibility index (Phi) is 4.55. The Bertz CT molecular complexity index is 525. The summed E-state index contributed by atoms with van der Waals surface area (Å²) < 4.78 is 0. The van der Waals surface area contributed by atoms with Crippen LogP contribution in [-0.2, 0) is 4.84 Å². The molecule has 4 heteroatoms. The van der Waals surface area contributed by atoms with E-state index in [0.717, 1.165) is 24.2 Å². The second-order valence-electron chi connectivity index (χ2n) is 5.89. The number of quaternary nitrogens is 1. The highest BCUT2D eigenvalue weighted by Crippen LogP contribution is 2.10. The maximum Gasteiger partial charge on any atom is 0.365 e. The van der Waals surface area contributed by atoms with E-state index in [-0.39, 0.29) is 5.97 Å². The highest BCUT2D eigenvalue weighted by molar-refractivity contribution is 5.91. The van der Waals surface area contributed by atoms with E-state index in [2.05, 4.69) is 26.1 Å². The van der Waals surface area contributed by atoms with Crippen molar-refractivity contribution in [3.05, 3.63) is 35.4 Å². The van der Waals surface area contributed by atoms with Crippen molar-refractivity contribution in [3.8, 4) is 0 Å². The smallest absolute Gasteiger partial charge is 0.334 e. The van der Waals surface area contributed by atoms with E-state index in [1.807, 2.05) is 25.1 Å². The molecule has 1 heterocycles. The lowest BCUT2D eigenvalue weighted by Crippen LogP contribution is -3.14. The first-order chi connectivity index (χ1) is 9.47. The van der Waals surface area contributed by atoms with Gasteiger partial charge in [-0.05, 0) is 26.0 Å². The van der Waals surface area contributed by atoms with E-state index in [1.54, 1.807) is 6.07 Å². The molecule has 0 amide bonds. The summed E-state index contributed by atoms with van der Waals surface area (Å²) in [5, 5.41) is 4.11. The maximum absolute atomic E-state index is 12.0. The number of carbonyl (C=O) groups is 1. The number of piperidine rings is 1. The fraction of sp³-hybridized carbons (Fsp3) is 0.500. The van der Waals surface area contributed by atoms with Gasteiger partial charge in [-0.3, -0.25) is 0 Å². The molecule has 3 atom stereocenters. The van der Waals surface area contributed by atoms with E-state index in [1.165, 1.54) is 4.90 Å². The van der Waals surface area contributed by atoms with Gasteiger partial charge in [-0.1, -0.05) is 29.8 Å². The van der Waals surface area contributed by atoms with Crippen LogP contribution in [0.4, 0.5) is 0 Å². The molecular formula is C16H23N2O2+. The quantitative estimate of drug-likeness (QED) is 0.656. The molecule has 20 heavy (non-hydrogen) atoms. The third-order valence-corrected chi connectivity index (χ3v) is 4.05. The molecule has 0 aromatic heterocycles. The monoisotopic (exact) mass is 275 g/mol. The Morgan fingerprint density at radius 2 is 2.15 bits per heavy atom. The van der Waals surface area contributed by atoms with Gasteiger partial charge in [0.25, 0.3) is 0 Å². The predicted octanol–water partition coefficient (Wildman–Crippen LogP) is 1.45. The number of hydrogen-bond donors (Lipinski definition) is 1. The van der Waals surface area contributed by atoms with Crippen LogP contribution in [0.1, 0.15) is 36.2 Å². The lowest BCUT2D eigenvalue weighted by molar-refractivity contribution is -0.908. The molecule has 1 aromatic rings. The average Bonchev–Trinajstić information content (AvgIpc) is 2.41. The van der Waals surface area contributed by atoms with Gasteiger partial charge in [0, 0.05) is 12.3 Å². The molecule has 0 aliphatic carbocycles. The maximum atomic E-state index is 12.0. The van der Waals surface area contributed by atoms with E-state index < -0.39 is 0 Å². The summed E-state index contributed by atoms with van der Waals surface area (Å²) in [6.07, 6.45) is 0.883. The number of nitrogens with zero attached hydrogens (tertiary/aromatic N) is 1. The summed E-state index contributed by atoms with van der Waals surface area (Å²) in [5.41, 5.74) is 2.58. The SMILES string of the molecule is Cc1cccc(C(=O)O/N=C2/C[C@H](C)[NH+](C)C[C@@H]2C)c1. The molecule has 0 saturated carbocycles. The summed E-state index contributed by atoms with van der Waals surface area (Å²) in [6, 6.07) is 7.88. The van der Waals surface area contributed by atoms with E-state index in [0.29, 0.717) is 17.5 Å². The predicted molar refractivity (Wildman–Crippen MR) is 79.0 cm³/mol. The molecule has 1 unspecified atom stereocenters. The largest absolute Gasteiger partial charge is 0.365 e. The Hall–Kier alpha value is -1.68. The van der Waals surface area contributed by atoms with Gasteiger partial charge in [-0.25, -0.2) is 4.79 Å². The lowest BCUT2D eigenvalue weighted by Gasteiger charge is -2.31. The van der Waals surface area contributed by atoms with Gasteiger partial charge < -0.3 is 9.74 Å². The topological polar surface area (TPSA) is 43.1 Å². The average molecular weight is 275 g/mol. The first-order valence-corrected chi connectivity index (χ1v) is 7.14. The summed E-state index contributed by atoms with van der Waals surface area (Å²) >= 11 is 0. The van der Waals surface area contributed by atoms with Gasteiger partial charge in [0.2, 0.25) is 0 Å². The van der Waals surface area contributed by atoms with Crippen LogP contribution in [0.5, 0.6) is 0 Å². The van der Waals surface area contributed by atoms with E-state index >= 15 is 0 Å². The van der Waals surface area contributed by atoms with Crippen LogP contribution >= 0.6 is 0 Å². The van der Waals surface area contributed by atoms with Crippen LogP contribution in [0.2, 0.25) is 0 Å². The van der Waals surface area contributed by atoms with Gasteiger partial charge in [-0.15, -0.1) is 0 Å². The molecule has 4 nitrogen and oxygen atoms in total. The summed E-state index contributed by atoms with van der Waals surface area (Å²) in [4.78, 5) is 18.6. The number of nitrogens with one attached hydrogen (secondary N) is 1. The van der Waals surface area contributed by atoms with Crippen LogP contribution in [-0.4, -0.2) is 31.3 Å². The first-order valence-electron chi connectivity index (χ1n) is 7.14. The molecule has 0 radical (unpaired) electrons. The van der Waals surface area contributed by atoms with Gasteiger partial charge in [0.1, 0.15) is 0 Å². The minimum Gasteiger partial charge on any atom is -0.334 e. The summed E-state index contributed by atoms with van der Waals surface area (Å²) in [7, 11) is 2.19. The fourth-order valence-electron chi connectivity index (χ4n) is 2.54. The summed E-state index contributed by atoms with van der Waals surface area (Å²) in [6.45, 7) is 7.31. The third-order valence-electron chi connectivity index (χ3n) is 4.05. The van der Waals surface area contributed by atoms with Crippen molar-refractivity contribution in [2.24, 2.45) is 11.1 Å². The standard InChI is InChI=1S/C16H22N2O2/c1-11-6-5-7-14(8-11)16(19)20-17-15-9-13(3)18(4)10-12(15)2/h5-8,12-13H,9-10H2,1-4H3/p+1/b17-15-/t12-,13-/m0/s1. The van der Waals surface area contributed by atoms with Crippen molar-refractivity contribution in [3.63, 3.8) is 0 Å². The number of rotatable bonds is 2.